The van der Waals surface area contributed by atoms with Gasteiger partial charge in [-0.3, -0.25) is 0 Å². The number of anilines is 1. The number of pyridine rings is 1. The molecule has 3 nitrogen and oxygen atoms in total. The SMILES string of the molecule is COc1ccc(CNc2ncccc2C)s1. The fourth-order valence-electron chi connectivity index (χ4n) is 1.40. The van der Waals surface area contributed by atoms with Crippen molar-refractivity contribution in [1.29, 1.82) is 0 Å². The number of aryl methyl sites for hydroxylation is 1. The second-order valence-corrected chi connectivity index (χ2v) is 4.58. The van der Waals surface area contributed by atoms with Gasteiger partial charge in [-0.1, -0.05) is 6.07 Å². The van der Waals surface area contributed by atoms with Crippen LogP contribution in [0.25, 0.3) is 0 Å². The first-order valence-corrected chi connectivity index (χ1v) is 5.89. The molecule has 0 bridgehead atoms. The van der Waals surface area contributed by atoms with Gasteiger partial charge < -0.3 is 10.1 Å². The van der Waals surface area contributed by atoms with Crippen molar-refractivity contribution in [2.45, 2.75) is 13.5 Å². The summed E-state index contributed by atoms with van der Waals surface area (Å²) in [4.78, 5) is 5.52. The molecule has 16 heavy (non-hydrogen) atoms. The smallest absolute Gasteiger partial charge is 0.173 e. The molecule has 0 atom stereocenters. The zero-order chi connectivity index (χ0) is 11.4. The fraction of sp³-hybridized carbons (Fsp3) is 0.250. The number of aromatic nitrogens is 1. The van der Waals surface area contributed by atoms with E-state index in [1.807, 2.05) is 25.1 Å². The van der Waals surface area contributed by atoms with Crippen molar-refractivity contribution >= 4 is 17.2 Å². The number of hydrogen-bond acceptors (Lipinski definition) is 4. The van der Waals surface area contributed by atoms with Gasteiger partial charge in [0.2, 0.25) is 0 Å². The van der Waals surface area contributed by atoms with Crippen LogP contribution in [0.3, 0.4) is 0 Å². The van der Waals surface area contributed by atoms with E-state index < -0.39 is 0 Å². The van der Waals surface area contributed by atoms with Gasteiger partial charge in [0.25, 0.3) is 0 Å². The molecule has 0 aliphatic carbocycles. The van der Waals surface area contributed by atoms with Crippen LogP contribution < -0.4 is 10.1 Å². The summed E-state index contributed by atoms with van der Waals surface area (Å²) < 4.78 is 5.15. The Bertz CT molecular complexity index is 468. The van der Waals surface area contributed by atoms with Gasteiger partial charge in [-0.25, -0.2) is 4.98 Å². The Balaban J connectivity index is 1.99. The van der Waals surface area contributed by atoms with Crippen LogP contribution in [0.5, 0.6) is 5.06 Å². The largest absolute Gasteiger partial charge is 0.487 e. The molecule has 2 aromatic heterocycles. The lowest BCUT2D eigenvalue weighted by atomic mass is 10.3. The number of hydrogen-bond donors (Lipinski definition) is 1. The first kappa shape index (κ1) is 11.0. The van der Waals surface area contributed by atoms with Crippen molar-refractivity contribution in [3.63, 3.8) is 0 Å². The molecule has 2 aromatic rings. The predicted octanol–water partition coefficient (Wildman–Crippen LogP) is 3.07. The quantitative estimate of drug-likeness (QED) is 0.882. The number of rotatable bonds is 4. The van der Waals surface area contributed by atoms with E-state index in [-0.39, 0.29) is 0 Å². The molecule has 2 rings (SSSR count). The fourth-order valence-corrected chi connectivity index (χ4v) is 2.16. The zero-order valence-corrected chi connectivity index (χ0v) is 10.2. The maximum atomic E-state index is 5.15. The van der Waals surface area contributed by atoms with Crippen molar-refractivity contribution in [1.82, 2.24) is 4.98 Å². The van der Waals surface area contributed by atoms with Crippen LogP contribution in [-0.4, -0.2) is 12.1 Å². The molecule has 0 radical (unpaired) electrons. The molecular weight excluding hydrogens is 220 g/mol. The van der Waals surface area contributed by atoms with E-state index in [1.165, 1.54) is 4.88 Å². The summed E-state index contributed by atoms with van der Waals surface area (Å²) in [7, 11) is 1.69. The summed E-state index contributed by atoms with van der Waals surface area (Å²) >= 11 is 1.65. The number of nitrogens with one attached hydrogen (secondary N) is 1. The predicted molar refractivity (Wildman–Crippen MR) is 67.2 cm³/mol. The van der Waals surface area contributed by atoms with Gasteiger partial charge in [0.1, 0.15) is 5.82 Å². The lowest BCUT2D eigenvalue weighted by Crippen LogP contribution is -2.01. The minimum Gasteiger partial charge on any atom is -0.487 e. The Labute approximate surface area is 99.1 Å². The second kappa shape index (κ2) is 4.99. The average molecular weight is 234 g/mol. The maximum absolute atomic E-state index is 5.15. The minimum absolute atomic E-state index is 0.784. The summed E-state index contributed by atoms with van der Waals surface area (Å²) in [5.74, 6) is 0.940. The average Bonchev–Trinajstić information content (AvgIpc) is 2.76. The van der Waals surface area contributed by atoms with E-state index >= 15 is 0 Å². The van der Waals surface area contributed by atoms with Gasteiger partial charge in [-0.05, 0) is 30.7 Å². The van der Waals surface area contributed by atoms with Crippen molar-refractivity contribution in [3.8, 4) is 5.06 Å². The molecule has 0 aliphatic heterocycles. The molecule has 0 unspecified atom stereocenters. The summed E-state index contributed by atoms with van der Waals surface area (Å²) in [6.07, 6.45) is 1.80. The Morgan fingerprint density at radius 2 is 2.25 bits per heavy atom. The van der Waals surface area contributed by atoms with E-state index in [4.69, 9.17) is 4.74 Å². The molecular formula is C12H14N2OS. The van der Waals surface area contributed by atoms with E-state index in [2.05, 4.69) is 16.4 Å². The zero-order valence-electron chi connectivity index (χ0n) is 9.36. The third kappa shape index (κ3) is 2.52. The highest BCUT2D eigenvalue weighted by molar-refractivity contribution is 7.13. The van der Waals surface area contributed by atoms with Gasteiger partial charge in [0, 0.05) is 11.1 Å². The first-order chi connectivity index (χ1) is 7.79. The van der Waals surface area contributed by atoms with Crippen LogP contribution in [0.4, 0.5) is 5.82 Å². The number of ether oxygens (including phenoxy) is 1. The van der Waals surface area contributed by atoms with E-state index in [9.17, 15) is 0 Å². The molecule has 4 heteroatoms. The van der Waals surface area contributed by atoms with Crippen LogP contribution in [0, 0.1) is 6.92 Å². The first-order valence-electron chi connectivity index (χ1n) is 5.08. The van der Waals surface area contributed by atoms with Crippen molar-refractivity contribution < 1.29 is 4.74 Å². The Hall–Kier alpha value is -1.55. The van der Waals surface area contributed by atoms with Crippen LogP contribution in [-0.2, 0) is 6.54 Å². The lowest BCUT2D eigenvalue weighted by molar-refractivity contribution is 0.427. The Morgan fingerprint density at radius 1 is 1.38 bits per heavy atom. The van der Waals surface area contributed by atoms with Crippen LogP contribution in [0.15, 0.2) is 30.5 Å². The van der Waals surface area contributed by atoms with Crippen LogP contribution >= 0.6 is 11.3 Å². The standard InChI is InChI=1S/C12H14N2OS/c1-9-4-3-7-13-12(9)14-8-10-5-6-11(15-2)16-10/h3-7H,8H2,1-2H3,(H,13,14). The minimum atomic E-state index is 0.784. The van der Waals surface area contributed by atoms with Crippen molar-refractivity contribution in [2.75, 3.05) is 12.4 Å². The summed E-state index contributed by atoms with van der Waals surface area (Å²) in [6.45, 7) is 2.83. The van der Waals surface area contributed by atoms with Gasteiger partial charge in [-0.15, -0.1) is 11.3 Å². The molecule has 1 N–H and O–H groups in total. The van der Waals surface area contributed by atoms with Crippen molar-refractivity contribution in [2.24, 2.45) is 0 Å². The third-order valence-electron chi connectivity index (χ3n) is 2.28. The number of thiophene rings is 1. The molecule has 0 aliphatic rings. The molecule has 0 amide bonds. The van der Waals surface area contributed by atoms with E-state index in [1.54, 1.807) is 24.6 Å². The van der Waals surface area contributed by atoms with Crippen LogP contribution in [0.2, 0.25) is 0 Å². The highest BCUT2D eigenvalue weighted by Gasteiger charge is 2.01. The second-order valence-electron chi connectivity index (χ2n) is 3.45. The Morgan fingerprint density at radius 3 is 2.94 bits per heavy atom. The molecule has 0 saturated heterocycles. The van der Waals surface area contributed by atoms with E-state index in [0.717, 1.165) is 23.0 Å². The van der Waals surface area contributed by atoms with Gasteiger partial charge in [0.15, 0.2) is 5.06 Å². The molecule has 2 heterocycles. The monoisotopic (exact) mass is 234 g/mol. The van der Waals surface area contributed by atoms with Gasteiger partial charge in [0.05, 0.1) is 13.7 Å². The molecule has 0 aromatic carbocycles. The topological polar surface area (TPSA) is 34.1 Å². The summed E-state index contributed by atoms with van der Waals surface area (Å²) in [5.41, 5.74) is 1.16. The normalized spacial score (nSPS) is 10.1. The maximum Gasteiger partial charge on any atom is 0.173 e. The summed E-state index contributed by atoms with van der Waals surface area (Å²) in [6, 6.07) is 8.03. The van der Waals surface area contributed by atoms with Gasteiger partial charge >= 0.3 is 0 Å². The third-order valence-corrected chi connectivity index (χ3v) is 3.32. The highest BCUT2D eigenvalue weighted by Crippen LogP contribution is 2.24. The van der Waals surface area contributed by atoms with E-state index in [0.29, 0.717) is 0 Å². The summed E-state index contributed by atoms with van der Waals surface area (Å²) in [5, 5.41) is 4.25. The lowest BCUT2D eigenvalue weighted by Gasteiger charge is -2.06. The number of methoxy groups -OCH3 is 1. The van der Waals surface area contributed by atoms with Gasteiger partial charge in [-0.2, -0.15) is 0 Å². The van der Waals surface area contributed by atoms with Crippen LogP contribution in [0.1, 0.15) is 10.4 Å². The number of nitrogens with zero attached hydrogens (tertiary/aromatic N) is 1. The molecule has 84 valence electrons. The molecule has 0 spiro atoms. The molecule has 0 fully saturated rings. The molecule has 0 saturated carbocycles. The Kier molecular flexibility index (Phi) is 3.41. The highest BCUT2D eigenvalue weighted by atomic mass is 32.1. The van der Waals surface area contributed by atoms with Crippen molar-refractivity contribution in [3.05, 3.63) is 40.9 Å².